The highest BCUT2D eigenvalue weighted by Crippen LogP contribution is 2.41. The molecular formula is C20H28. The van der Waals surface area contributed by atoms with Crippen LogP contribution in [-0.2, 0) is 0 Å². The summed E-state index contributed by atoms with van der Waals surface area (Å²) < 4.78 is 0. The van der Waals surface area contributed by atoms with Gasteiger partial charge in [0.1, 0.15) is 0 Å². The minimum atomic E-state index is 0.330. The van der Waals surface area contributed by atoms with E-state index in [2.05, 4.69) is 66.3 Å². The van der Waals surface area contributed by atoms with E-state index in [1.807, 2.05) is 0 Å². The Balaban J connectivity index is 2.17. The molecule has 0 heterocycles. The molecule has 1 unspecified atom stereocenters. The van der Waals surface area contributed by atoms with Crippen LogP contribution in [0.25, 0.3) is 0 Å². The first-order valence-corrected chi connectivity index (χ1v) is 7.62. The van der Waals surface area contributed by atoms with Crippen LogP contribution >= 0.6 is 0 Å². The van der Waals surface area contributed by atoms with E-state index in [0.717, 1.165) is 12.8 Å². The molecule has 0 nitrogen and oxygen atoms in total. The van der Waals surface area contributed by atoms with E-state index >= 15 is 0 Å². The third-order valence-electron chi connectivity index (χ3n) is 4.32. The Bertz CT molecular complexity index is 553. The Morgan fingerprint density at radius 1 is 1.10 bits per heavy atom. The van der Waals surface area contributed by atoms with Crippen LogP contribution in [0.1, 0.15) is 54.4 Å². The van der Waals surface area contributed by atoms with Gasteiger partial charge in [0.15, 0.2) is 0 Å². The number of fused-ring (bicyclic) bond motifs is 1. The molecule has 0 N–H and O–H groups in total. The van der Waals surface area contributed by atoms with Gasteiger partial charge in [0, 0.05) is 5.92 Å². The Hall–Kier alpha value is -1.30. The van der Waals surface area contributed by atoms with Crippen molar-refractivity contribution < 1.29 is 0 Å². The highest BCUT2D eigenvalue weighted by Gasteiger charge is 2.25. The van der Waals surface area contributed by atoms with E-state index in [4.69, 9.17) is 0 Å². The second-order valence-electron chi connectivity index (χ2n) is 7.67. The predicted molar refractivity (Wildman–Crippen MR) is 89.6 cm³/mol. The van der Waals surface area contributed by atoms with Crippen LogP contribution in [0.15, 0.2) is 58.2 Å². The maximum Gasteiger partial charge on any atom is 0.0237 e. The van der Waals surface area contributed by atoms with Crippen molar-refractivity contribution in [2.24, 2.45) is 11.3 Å². The van der Waals surface area contributed by atoms with E-state index in [1.165, 1.54) is 33.4 Å². The van der Waals surface area contributed by atoms with E-state index in [9.17, 15) is 0 Å². The molecule has 2 rings (SSSR count). The summed E-state index contributed by atoms with van der Waals surface area (Å²) in [6.07, 6.45) is 9.28. The molecule has 0 saturated carbocycles. The molecule has 0 saturated heterocycles. The Morgan fingerprint density at radius 3 is 2.35 bits per heavy atom. The molecule has 0 spiro atoms. The number of hydrogen-bond donors (Lipinski definition) is 0. The summed E-state index contributed by atoms with van der Waals surface area (Å²) in [5, 5.41) is 0. The summed E-state index contributed by atoms with van der Waals surface area (Å²) in [4.78, 5) is 0. The molecule has 0 bridgehead atoms. The van der Waals surface area contributed by atoms with E-state index in [1.54, 1.807) is 0 Å². The summed E-state index contributed by atoms with van der Waals surface area (Å²) in [6.45, 7) is 17.8. The summed E-state index contributed by atoms with van der Waals surface area (Å²) in [5.74, 6) is 0.510. The number of rotatable bonds is 3. The quantitative estimate of drug-likeness (QED) is 0.539. The van der Waals surface area contributed by atoms with Crippen LogP contribution < -0.4 is 0 Å². The van der Waals surface area contributed by atoms with Gasteiger partial charge in [-0.05, 0) is 55.7 Å². The third-order valence-corrected chi connectivity index (χ3v) is 4.32. The lowest BCUT2D eigenvalue weighted by Crippen LogP contribution is -2.06. The lowest BCUT2D eigenvalue weighted by Gasteiger charge is -2.20. The minimum absolute atomic E-state index is 0.330. The zero-order valence-electron chi connectivity index (χ0n) is 13.9. The minimum Gasteiger partial charge on any atom is -0.0995 e. The van der Waals surface area contributed by atoms with Crippen molar-refractivity contribution >= 4 is 0 Å². The van der Waals surface area contributed by atoms with Crippen LogP contribution in [0.4, 0.5) is 0 Å². The SMILES string of the molecule is C=C(CC1=C(C)C2C=C(C)C(C)=CC2=C1)CC(C)(C)C. The topological polar surface area (TPSA) is 0 Å². The van der Waals surface area contributed by atoms with Crippen molar-refractivity contribution in [3.63, 3.8) is 0 Å². The smallest absolute Gasteiger partial charge is 0.0237 e. The highest BCUT2D eigenvalue weighted by atomic mass is 14.3. The molecule has 0 radical (unpaired) electrons. The van der Waals surface area contributed by atoms with Crippen molar-refractivity contribution in [1.82, 2.24) is 0 Å². The van der Waals surface area contributed by atoms with Gasteiger partial charge in [0.25, 0.3) is 0 Å². The lowest BCUT2D eigenvalue weighted by molar-refractivity contribution is 0.407. The first kappa shape index (κ1) is 15.1. The molecule has 0 amide bonds. The van der Waals surface area contributed by atoms with E-state index in [-0.39, 0.29) is 0 Å². The lowest BCUT2D eigenvalue weighted by atomic mass is 9.85. The Morgan fingerprint density at radius 2 is 1.75 bits per heavy atom. The predicted octanol–water partition coefficient (Wildman–Crippen LogP) is 6.15. The Labute approximate surface area is 124 Å². The number of allylic oxidation sites excluding steroid dienone is 9. The maximum atomic E-state index is 4.29. The van der Waals surface area contributed by atoms with Gasteiger partial charge in [-0.2, -0.15) is 0 Å². The van der Waals surface area contributed by atoms with Gasteiger partial charge >= 0.3 is 0 Å². The summed E-state index contributed by atoms with van der Waals surface area (Å²) in [6, 6.07) is 0. The van der Waals surface area contributed by atoms with Crippen molar-refractivity contribution in [1.29, 1.82) is 0 Å². The van der Waals surface area contributed by atoms with Gasteiger partial charge < -0.3 is 0 Å². The average Bonchev–Trinajstić information content (AvgIpc) is 2.55. The molecule has 20 heavy (non-hydrogen) atoms. The molecule has 0 heteroatoms. The molecule has 0 aromatic heterocycles. The van der Waals surface area contributed by atoms with Crippen LogP contribution in [-0.4, -0.2) is 0 Å². The van der Waals surface area contributed by atoms with Crippen LogP contribution in [0.3, 0.4) is 0 Å². The Kier molecular flexibility index (Phi) is 3.95. The molecule has 0 aromatic rings. The van der Waals surface area contributed by atoms with E-state index in [0.29, 0.717) is 11.3 Å². The maximum absolute atomic E-state index is 4.29. The van der Waals surface area contributed by atoms with E-state index < -0.39 is 0 Å². The van der Waals surface area contributed by atoms with Crippen LogP contribution in [0.2, 0.25) is 0 Å². The fraction of sp³-hybridized carbons (Fsp3) is 0.500. The summed E-state index contributed by atoms with van der Waals surface area (Å²) >= 11 is 0. The third kappa shape index (κ3) is 3.23. The molecular weight excluding hydrogens is 240 g/mol. The molecule has 108 valence electrons. The standard InChI is InChI=1S/C20H28/c1-13(12-20(5,6)7)8-17-11-18-9-14(2)15(3)10-19(18)16(17)4/h9-11,19H,1,8,12H2,2-7H3. The molecule has 2 aliphatic carbocycles. The monoisotopic (exact) mass is 268 g/mol. The van der Waals surface area contributed by atoms with Gasteiger partial charge in [-0.15, -0.1) is 0 Å². The fourth-order valence-electron chi connectivity index (χ4n) is 3.22. The van der Waals surface area contributed by atoms with Crippen LogP contribution in [0.5, 0.6) is 0 Å². The second-order valence-corrected chi connectivity index (χ2v) is 7.67. The molecule has 0 aliphatic heterocycles. The second kappa shape index (κ2) is 5.24. The van der Waals surface area contributed by atoms with Gasteiger partial charge in [0.2, 0.25) is 0 Å². The summed E-state index contributed by atoms with van der Waals surface area (Å²) in [7, 11) is 0. The zero-order chi connectivity index (χ0) is 15.1. The van der Waals surface area contributed by atoms with Crippen molar-refractivity contribution in [2.75, 3.05) is 0 Å². The fourth-order valence-corrected chi connectivity index (χ4v) is 3.22. The average molecular weight is 268 g/mol. The van der Waals surface area contributed by atoms with Gasteiger partial charge in [-0.25, -0.2) is 0 Å². The van der Waals surface area contributed by atoms with Gasteiger partial charge in [0.05, 0.1) is 0 Å². The molecule has 0 fully saturated rings. The van der Waals surface area contributed by atoms with Crippen molar-refractivity contribution in [2.45, 2.75) is 54.4 Å². The van der Waals surface area contributed by atoms with Crippen molar-refractivity contribution in [3.8, 4) is 0 Å². The van der Waals surface area contributed by atoms with Gasteiger partial charge in [-0.1, -0.05) is 62.3 Å². The first-order valence-electron chi connectivity index (χ1n) is 7.62. The van der Waals surface area contributed by atoms with Gasteiger partial charge in [-0.3, -0.25) is 0 Å². The molecule has 2 aliphatic rings. The molecule has 0 aromatic carbocycles. The highest BCUT2D eigenvalue weighted by molar-refractivity contribution is 5.55. The largest absolute Gasteiger partial charge is 0.0995 e. The number of hydrogen-bond acceptors (Lipinski definition) is 0. The normalized spacial score (nSPS) is 22.3. The first-order chi connectivity index (χ1) is 9.17. The van der Waals surface area contributed by atoms with Crippen molar-refractivity contribution in [3.05, 3.63) is 58.2 Å². The van der Waals surface area contributed by atoms with Crippen LogP contribution in [0, 0.1) is 11.3 Å². The summed E-state index contributed by atoms with van der Waals surface area (Å²) in [5.41, 5.74) is 8.95. The zero-order valence-corrected chi connectivity index (χ0v) is 13.9. The molecule has 1 atom stereocenters.